The second kappa shape index (κ2) is 6.74. The molecule has 0 aliphatic rings. The summed E-state index contributed by atoms with van der Waals surface area (Å²) in [6, 6.07) is 5.53. The Morgan fingerprint density at radius 2 is 1.93 bits per heavy atom. The van der Waals surface area contributed by atoms with Gasteiger partial charge in [0.2, 0.25) is 0 Å². The first-order valence-electron chi connectivity index (χ1n) is 4.79. The van der Waals surface area contributed by atoms with Crippen LogP contribution in [0.5, 0.6) is 0 Å². The van der Waals surface area contributed by atoms with E-state index in [9.17, 15) is 0 Å². The second-order valence-electron chi connectivity index (χ2n) is 3.05. The summed E-state index contributed by atoms with van der Waals surface area (Å²) in [5.41, 5.74) is 0.949. The largest absolute Gasteiger partial charge is 0.312 e. The lowest BCUT2D eigenvalue weighted by Crippen LogP contribution is -2.14. The van der Waals surface area contributed by atoms with E-state index in [1.807, 2.05) is 25.1 Å². The van der Waals surface area contributed by atoms with Crippen LogP contribution in [0.3, 0.4) is 0 Å². The Hall–Kier alpha value is -0.680. The SMILES string of the molecule is CC#CCCNCc1c(Cl)cccc1Cl. The summed E-state index contributed by atoms with van der Waals surface area (Å²) >= 11 is 12.0. The average Bonchev–Trinajstić information content (AvgIpc) is 2.21. The molecule has 0 aromatic heterocycles. The van der Waals surface area contributed by atoms with Crippen LogP contribution in [0.4, 0.5) is 0 Å². The molecule has 0 atom stereocenters. The molecule has 0 heterocycles. The normalized spacial score (nSPS) is 9.53. The van der Waals surface area contributed by atoms with Crippen LogP contribution in [-0.4, -0.2) is 6.54 Å². The molecule has 1 aromatic rings. The first-order chi connectivity index (χ1) is 7.25. The van der Waals surface area contributed by atoms with Crippen LogP contribution in [0, 0.1) is 11.8 Å². The minimum absolute atomic E-state index is 0.684. The number of hydrogen-bond acceptors (Lipinski definition) is 1. The molecule has 15 heavy (non-hydrogen) atoms. The van der Waals surface area contributed by atoms with Crippen LogP contribution in [0.1, 0.15) is 18.9 Å². The zero-order chi connectivity index (χ0) is 11.1. The Labute approximate surface area is 101 Å². The summed E-state index contributed by atoms with van der Waals surface area (Å²) in [5.74, 6) is 5.83. The van der Waals surface area contributed by atoms with Crippen molar-refractivity contribution in [3.05, 3.63) is 33.8 Å². The Bertz CT molecular complexity index is 357. The van der Waals surface area contributed by atoms with Crippen molar-refractivity contribution in [3.8, 4) is 11.8 Å². The molecule has 1 aromatic carbocycles. The van der Waals surface area contributed by atoms with Gasteiger partial charge < -0.3 is 5.32 Å². The van der Waals surface area contributed by atoms with Crippen LogP contribution < -0.4 is 5.32 Å². The van der Waals surface area contributed by atoms with Gasteiger partial charge >= 0.3 is 0 Å². The lowest BCUT2D eigenvalue weighted by atomic mass is 10.2. The van der Waals surface area contributed by atoms with E-state index in [2.05, 4.69) is 17.2 Å². The quantitative estimate of drug-likeness (QED) is 0.629. The standard InChI is InChI=1S/C12H13Cl2N/c1-2-3-4-8-15-9-10-11(13)6-5-7-12(10)14/h5-7,15H,4,8-9H2,1H3. The van der Waals surface area contributed by atoms with E-state index < -0.39 is 0 Å². The van der Waals surface area contributed by atoms with E-state index in [0.29, 0.717) is 16.6 Å². The molecule has 1 N–H and O–H groups in total. The minimum atomic E-state index is 0.684. The van der Waals surface area contributed by atoms with E-state index in [-0.39, 0.29) is 0 Å². The van der Waals surface area contributed by atoms with Crippen molar-refractivity contribution in [1.82, 2.24) is 5.32 Å². The molecule has 0 fully saturated rings. The maximum atomic E-state index is 6.02. The molecule has 80 valence electrons. The Balaban J connectivity index is 2.45. The molecule has 0 radical (unpaired) electrons. The zero-order valence-electron chi connectivity index (χ0n) is 8.61. The van der Waals surface area contributed by atoms with Gasteiger partial charge in [-0.2, -0.15) is 0 Å². The lowest BCUT2D eigenvalue weighted by molar-refractivity contribution is 0.701. The Morgan fingerprint density at radius 3 is 2.53 bits per heavy atom. The predicted molar refractivity (Wildman–Crippen MR) is 66.2 cm³/mol. The summed E-state index contributed by atoms with van der Waals surface area (Å²) in [6.45, 7) is 3.37. The topological polar surface area (TPSA) is 12.0 Å². The van der Waals surface area contributed by atoms with Crippen molar-refractivity contribution in [2.24, 2.45) is 0 Å². The monoisotopic (exact) mass is 241 g/mol. The summed E-state index contributed by atoms with van der Waals surface area (Å²) in [6.07, 6.45) is 0.846. The minimum Gasteiger partial charge on any atom is -0.312 e. The first kappa shape index (κ1) is 12.4. The van der Waals surface area contributed by atoms with Crippen LogP contribution in [0.15, 0.2) is 18.2 Å². The van der Waals surface area contributed by atoms with E-state index in [1.54, 1.807) is 0 Å². The average molecular weight is 242 g/mol. The van der Waals surface area contributed by atoms with Crippen LogP contribution in [0.25, 0.3) is 0 Å². The highest BCUT2D eigenvalue weighted by Crippen LogP contribution is 2.23. The molecule has 0 amide bonds. The number of hydrogen-bond donors (Lipinski definition) is 1. The molecular weight excluding hydrogens is 229 g/mol. The molecule has 1 nitrogen and oxygen atoms in total. The Kier molecular flexibility index (Phi) is 5.57. The van der Waals surface area contributed by atoms with Gasteiger partial charge in [-0.15, -0.1) is 11.8 Å². The zero-order valence-corrected chi connectivity index (χ0v) is 10.1. The van der Waals surface area contributed by atoms with Crippen molar-refractivity contribution in [2.75, 3.05) is 6.54 Å². The summed E-state index contributed by atoms with van der Waals surface area (Å²) in [7, 11) is 0. The smallest absolute Gasteiger partial charge is 0.0465 e. The molecule has 0 aliphatic carbocycles. The number of benzene rings is 1. The van der Waals surface area contributed by atoms with Gasteiger partial charge in [0.15, 0.2) is 0 Å². The van der Waals surface area contributed by atoms with Crippen molar-refractivity contribution in [2.45, 2.75) is 19.9 Å². The maximum absolute atomic E-state index is 6.02. The molecule has 0 saturated heterocycles. The van der Waals surface area contributed by atoms with Crippen LogP contribution in [0.2, 0.25) is 10.0 Å². The number of nitrogens with one attached hydrogen (secondary N) is 1. The first-order valence-corrected chi connectivity index (χ1v) is 5.54. The third-order valence-electron chi connectivity index (χ3n) is 1.97. The van der Waals surface area contributed by atoms with Gasteiger partial charge in [-0.1, -0.05) is 29.3 Å². The van der Waals surface area contributed by atoms with Gasteiger partial charge in [0, 0.05) is 35.1 Å². The summed E-state index contributed by atoms with van der Waals surface area (Å²) in [5, 5.41) is 4.66. The summed E-state index contributed by atoms with van der Waals surface area (Å²) < 4.78 is 0. The van der Waals surface area contributed by atoms with Crippen LogP contribution in [-0.2, 0) is 6.54 Å². The highest BCUT2D eigenvalue weighted by molar-refractivity contribution is 6.35. The third kappa shape index (κ3) is 4.13. The summed E-state index contributed by atoms with van der Waals surface area (Å²) in [4.78, 5) is 0. The molecule has 1 rings (SSSR count). The lowest BCUT2D eigenvalue weighted by Gasteiger charge is -2.07. The maximum Gasteiger partial charge on any atom is 0.0465 e. The van der Waals surface area contributed by atoms with Crippen LogP contribution >= 0.6 is 23.2 Å². The molecule has 0 saturated carbocycles. The highest BCUT2D eigenvalue weighted by atomic mass is 35.5. The molecule has 0 spiro atoms. The van der Waals surface area contributed by atoms with Gasteiger partial charge in [0.05, 0.1) is 0 Å². The van der Waals surface area contributed by atoms with Gasteiger partial charge in [0.25, 0.3) is 0 Å². The molecule has 0 aliphatic heterocycles. The molecule has 0 unspecified atom stereocenters. The molecule has 3 heteroatoms. The van der Waals surface area contributed by atoms with E-state index in [1.165, 1.54) is 0 Å². The predicted octanol–water partition coefficient (Wildman–Crippen LogP) is 3.50. The fourth-order valence-corrected chi connectivity index (χ4v) is 1.72. The molecular formula is C12H13Cl2N. The second-order valence-corrected chi connectivity index (χ2v) is 3.87. The van der Waals surface area contributed by atoms with Gasteiger partial charge in [0.1, 0.15) is 0 Å². The van der Waals surface area contributed by atoms with E-state index >= 15 is 0 Å². The van der Waals surface area contributed by atoms with Gasteiger partial charge in [-0.05, 0) is 19.1 Å². The van der Waals surface area contributed by atoms with Gasteiger partial charge in [-0.25, -0.2) is 0 Å². The van der Waals surface area contributed by atoms with Crippen molar-refractivity contribution in [3.63, 3.8) is 0 Å². The fraction of sp³-hybridized carbons (Fsp3) is 0.333. The van der Waals surface area contributed by atoms with Crippen molar-refractivity contribution >= 4 is 23.2 Å². The fourth-order valence-electron chi connectivity index (χ4n) is 1.19. The number of halogens is 2. The highest BCUT2D eigenvalue weighted by Gasteiger charge is 2.03. The Morgan fingerprint density at radius 1 is 1.27 bits per heavy atom. The number of rotatable bonds is 4. The van der Waals surface area contributed by atoms with Crippen molar-refractivity contribution < 1.29 is 0 Å². The van der Waals surface area contributed by atoms with E-state index in [4.69, 9.17) is 23.2 Å². The third-order valence-corrected chi connectivity index (χ3v) is 2.68. The van der Waals surface area contributed by atoms with E-state index in [0.717, 1.165) is 18.5 Å². The van der Waals surface area contributed by atoms with Crippen molar-refractivity contribution in [1.29, 1.82) is 0 Å². The van der Waals surface area contributed by atoms with Gasteiger partial charge in [-0.3, -0.25) is 0 Å². The molecule has 0 bridgehead atoms.